The summed E-state index contributed by atoms with van der Waals surface area (Å²) < 4.78 is 0. The van der Waals surface area contributed by atoms with E-state index >= 15 is 0 Å². The van der Waals surface area contributed by atoms with Crippen molar-refractivity contribution < 1.29 is 14.5 Å². The number of carbonyl (C=O) groups excluding carboxylic acids is 2. The highest BCUT2D eigenvalue weighted by Gasteiger charge is 2.35. The van der Waals surface area contributed by atoms with Crippen LogP contribution in [-0.2, 0) is 17.8 Å². The third-order valence-electron chi connectivity index (χ3n) is 4.36. The minimum Gasteiger partial charge on any atom is -0.357 e. The van der Waals surface area contributed by atoms with Crippen LogP contribution in [0.3, 0.4) is 0 Å². The number of benzene rings is 2. The molecule has 0 unspecified atom stereocenters. The van der Waals surface area contributed by atoms with Crippen molar-refractivity contribution in [2.45, 2.75) is 19.0 Å². The molecule has 0 saturated carbocycles. The lowest BCUT2D eigenvalue weighted by atomic mass is 9.92. The summed E-state index contributed by atoms with van der Waals surface area (Å²) in [5.41, 5.74) is 1.99. The summed E-state index contributed by atoms with van der Waals surface area (Å²) in [6.45, 7) is 0.156. The highest BCUT2D eigenvalue weighted by Crippen LogP contribution is 2.28. The van der Waals surface area contributed by atoms with Crippen LogP contribution >= 0.6 is 0 Å². The first-order chi connectivity index (χ1) is 12.0. The van der Waals surface area contributed by atoms with Gasteiger partial charge in [0.2, 0.25) is 5.91 Å². The van der Waals surface area contributed by atoms with E-state index in [-0.39, 0.29) is 24.0 Å². The summed E-state index contributed by atoms with van der Waals surface area (Å²) in [7, 11) is 1.53. The van der Waals surface area contributed by atoms with Crippen molar-refractivity contribution in [3.05, 3.63) is 75.3 Å². The maximum Gasteiger partial charge on any atom is 0.269 e. The summed E-state index contributed by atoms with van der Waals surface area (Å²) >= 11 is 0. The number of amides is 2. The van der Waals surface area contributed by atoms with Crippen LogP contribution in [0.15, 0.2) is 48.5 Å². The lowest BCUT2D eigenvalue weighted by molar-refractivity contribution is -0.385. The summed E-state index contributed by atoms with van der Waals surface area (Å²) in [6.07, 6.45) is 0.325. The first-order valence-electron chi connectivity index (χ1n) is 7.85. The Bertz CT molecular complexity index is 835. The molecule has 0 aromatic heterocycles. The van der Waals surface area contributed by atoms with Crippen molar-refractivity contribution in [2.75, 3.05) is 7.05 Å². The number of hydrogen-bond donors (Lipinski definition) is 1. The van der Waals surface area contributed by atoms with Gasteiger partial charge < -0.3 is 10.2 Å². The molecule has 25 heavy (non-hydrogen) atoms. The zero-order valence-corrected chi connectivity index (χ0v) is 13.6. The Labute approximate surface area is 144 Å². The Kier molecular flexibility index (Phi) is 4.47. The second-order valence-electron chi connectivity index (χ2n) is 5.84. The molecule has 1 heterocycles. The predicted octanol–water partition coefficient (Wildman–Crippen LogP) is 1.91. The number of non-ortho nitro benzene ring substituents is 1. The molecular formula is C18H17N3O4. The lowest BCUT2D eigenvalue weighted by Gasteiger charge is -2.35. The molecule has 0 fully saturated rings. The van der Waals surface area contributed by atoms with Crippen molar-refractivity contribution in [2.24, 2.45) is 0 Å². The SMILES string of the molecule is CNC(=O)[C@@H]1Cc2ccc([N+](=O)[O-])cc2CN1C(=O)c1ccccc1. The van der Waals surface area contributed by atoms with Gasteiger partial charge in [0.1, 0.15) is 6.04 Å². The number of carbonyl (C=O) groups is 2. The third kappa shape index (κ3) is 3.21. The van der Waals surface area contributed by atoms with Crippen LogP contribution in [0.4, 0.5) is 5.69 Å². The minimum atomic E-state index is -0.647. The van der Waals surface area contributed by atoms with Gasteiger partial charge in [0.05, 0.1) is 4.92 Å². The molecule has 3 rings (SSSR count). The van der Waals surface area contributed by atoms with E-state index in [0.29, 0.717) is 17.5 Å². The molecule has 7 heteroatoms. The van der Waals surface area contributed by atoms with Gasteiger partial charge in [0, 0.05) is 37.7 Å². The van der Waals surface area contributed by atoms with Crippen molar-refractivity contribution in [1.29, 1.82) is 0 Å². The van der Waals surface area contributed by atoms with Gasteiger partial charge in [-0.3, -0.25) is 19.7 Å². The molecule has 1 N–H and O–H groups in total. The molecular weight excluding hydrogens is 322 g/mol. The first kappa shape index (κ1) is 16.6. The number of hydrogen-bond acceptors (Lipinski definition) is 4. The van der Waals surface area contributed by atoms with E-state index in [2.05, 4.69) is 5.32 Å². The van der Waals surface area contributed by atoms with Gasteiger partial charge in [-0.25, -0.2) is 0 Å². The Balaban J connectivity index is 2.00. The number of nitro benzene ring substituents is 1. The van der Waals surface area contributed by atoms with Gasteiger partial charge in [0.15, 0.2) is 0 Å². The summed E-state index contributed by atoms with van der Waals surface area (Å²) in [5, 5.41) is 13.6. The van der Waals surface area contributed by atoms with Gasteiger partial charge in [-0.1, -0.05) is 24.3 Å². The lowest BCUT2D eigenvalue weighted by Crippen LogP contribution is -2.51. The van der Waals surface area contributed by atoms with E-state index in [4.69, 9.17) is 0 Å². The Hall–Kier alpha value is -3.22. The van der Waals surface area contributed by atoms with E-state index in [9.17, 15) is 19.7 Å². The molecule has 7 nitrogen and oxygen atoms in total. The molecule has 1 aliphatic heterocycles. The fraction of sp³-hybridized carbons (Fsp3) is 0.222. The maximum absolute atomic E-state index is 12.9. The van der Waals surface area contributed by atoms with Gasteiger partial charge in [-0.05, 0) is 23.3 Å². The van der Waals surface area contributed by atoms with E-state index in [1.807, 2.05) is 6.07 Å². The molecule has 0 aliphatic carbocycles. The summed E-state index contributed by atoms with van der Waals surface area (Å²) in [5.74, 6) is -0.528. The molecule has 1 atom stereocenters. The Morgan fingerprint density at radius 1 is 1.16 bits per heavy atom. The monoisotopic (exact) mass is 339 g/mol. The number of likely N-dealkylation sites (N-methyl/N-ethyl adjacent to an activating group) is 1. The number of nitrogens with one attached hydrogen (secondary N) is 1. The van der Waals surface area contributed by atoms with Crippen molar-refractivity contribution >= 4 is 17.5 Å². The van der Waals surface area contributed by atoms with Crippen LogP contribution in [0.2, 0.25) is 0 Å². The fourth-order valence-electron chi connectivity index (χ4n) is 3.05. The second kappa shape index (κ2) is 6.72. The molecule has 0 bridgehead atoms. The predicted molar refractivity (Wildman–Crippen MR) is 91.0 cm³/mol. The maximum atomic E-state index is 12.9. The van der Waals surface area contributed by atoms with Crippen molar-refractivity contribution in [3.8, 4) is 0 Å². The molecule has 2 aromatic carbocycles. The highest BCUT2D eigenvalue weighted by atomic mass is 16.6. The van der Waals surface area contributed by atoms with Crippen LogP contribution in [0.1, 0.15) is 21.5 Å². The van der Waals surface area contributed by atoms with Crippen LogP contribution in [0.25, 0.3) is 0 Å². The molecule has 1 aliphatic rings. The third-order valence-corrected chi connectivity index (χ3v) is 4.36. The van der Waals surface area contributed by atoms with E-state index in [1.165, 1.54) is 24.1 Å². The smallest absolute Gasteiger partial charge is 0.269 e. The van der Waals surface area contributed by atoms with Crippen LogP contribution in [-0.4, -0.2) is 34.7 Å². The van der Waals surface area contributed by atoms with Gasteiger partial charge in [-0.2, -0.15) is 0 Å². The quantitative estimate of drug-likeness (QED) is 0.683. The zero-order chi connectivity index (χ0) is 18.0. The Morgan fingerprint density at radius 3 is 2.52 bits per heavy atom. The molecule has 0 radical (unpaired) electrons. The molecule has 128 valence electrons. The first-order valence-corrected chi connectivity index (χ1v) is 7.85. The molecule has 0 saturated heterocycles. The van der Waals surface area contributed by atoms with E-state index < -0.39 is 11.0 Å². The second-order valence-corrected chi connectivity index (χ2v) is 5.84. The molecule has 0 spiro atoms. The van der Waals surface area contributed by atoms with Gasteiger partial charge in [0.25, 0.3) is 11.6 Å². The topological polar surface area (TPSA) is 92.5 Å². The van der Waals surface area contributed by atoms with Gasteiger partial charge >= 0.3 is 0 Å². The normalized spacial score (nSPS) is 16.0. The summed E-state index contributed by atoms with van der Waals surface area (Å²) in [6, 6.07) is 12.6. The van der Waals surface area contributed by atoms with Crippen molar-refractivity contribution in [3.63, 3.8) is 0 Å². The number of fused-ring (bicyclic) bond motifs is 1. The summed E-state index contributed by atoms with van der Waals surface area (Å²) in [4.78, 5) is 37.2. The number of nitrogens with zero attached hydrogens (tertiary/aromatic N) is 2. The fourth-order valence-corrected chi connectivity index (χ4v) is 3.05. The molecule has 2 amide bonds. The average molecular weight is 339 g/mol. The molecule has 2 aromatic rings. The Morgan fingerprint density at radius 2 is 1.88 bits per heavy atom. The number of nitro groups is 1. The van der Waals surface area contributed by atoms with E-state index in [1.54, 1.807) is 30.3 Å². The van der Waals surface area contributed by atoms with Gasteiger partial charge in [-0.15, -0.1) is 0 Å². The van der Waals surface area contributed by atoms with Crippen LogP contribution in [0.5, 0.6) is 0 Å². The highest BCUT2D eigenvalue weighted by molar-refractivity contribution is 5.98. The van der Waals surface area contributed by atoms with E-state index in [0.717, 1.165) is 5.56 Å². The van der Waals surface area contributed by atoms with Crippen LogP contribution in [0, 0.1) is 10.1 Å². The minimum absolute atomic E-state index is 0.0238. The van der Waals surface area contributed by atoms with Crippen LogP contribution < -0.4 is 5.32 Å². The average Bonchev–Trinajstić information content (AvgIpc) is 2.65. The number of rotatable bonds is 3. The zero-order valence-electron chi connectivity index (χ0n) is 13.6. The standard InChI is InChI=1S/C18H17N3O4/c1-19-17(22)16-10-13-7-8-15(21(24)25)9-14(13)11-20(16)18(23)12-5-3-2-4-6-12/h2-9,16H,10-11H2,1H3,(H,19,22)/t16-/m0/s1. The van der Waals surface area contributed by atoms with Crippen molar-refractivity contribution in [1.82, 2.24) is 10.2 Å². The largest absolute Gasteiger partial charge is 0.357 e.